The fourth-order valence-electron chi connectivity index (χ4n) is 2.37. The molecule has 0 heterocycles. The van der Waals surface area contributed by atoms with Crippen LogP contribution in [0.2, 0.25) is 5.02 Å². The lowest BCUT2D eigenvalue weighted by Gasteiger charge is -2.02. The normalized spacial score (nSPS) is 10.7. The highest BCUT2D eigenvalue weighted by molar-refractivity contribution is 6.30. The zero-order chi connectivity index (χ0) is 14.1. The quantitative estimate of drug-likeness (QED) is 0.732. The van der Waals surface area contributed by atoms with E-state index in [-0.39, 0.29) is 0 Å². The van der Waals surface area contributed by atoms with Crippen LogP contribution in [0.3, 0.4) is 0 Å². The van der Waals surface area contributed by atoms with E-state index in [1.165, 1.54) is 0 Å². The third-order valence-corrected chi connectivity index (χ3v) is 3.53. The van der Waals surface area contributed by atoms with Gasteiger partial charge in [0.25, 0.3) is 0 Å². The number of hydrogen-bond acceptors (Lipinski definition) is 1. The van der Waals surface area contributed by atoms with Crippen molar-refractivity contribution in [1.29, 1.82) is 0 Å². The summed E-state index contributed by atoms with van der Waals surface area (Å²) in [5.41, 5.74) is 3.56. The average molecular weight is 283 g/mol. The number of benzene rings is 1. The fraction of sp³-hybridized carbons (Fsp3) is 0. The average Bonchev–Trinajstić information content (AvgIpc) is 2.64. The van der Waals surface area contributed by atoms with Gasteiger partial charge in [0.1, 0.15) is 0 Å². The molecule has 0 atom stereocenters. The molecule has 0 aromatic heterocycles. The lowest BCUT2D eigenvalue weighted by Crippen LogP contribution is -1.97. The first kappa shape index (κ1) is 12.7. The summed E-state index contributed by atoms with van der Waals surface area (Å²) in [4.78, 5) is 11.6. The molecule has 0 aliphatic heterocycles. The first-order valence-corrected chi connectivity index (χ1v) is 6.55. The highest BCUT2D eigenvalue weighted by Crippen LogP contribution is 2.37. The summed E-state index contributed by atoms with van der Waals surface area (Å²) in [5.74, 6) is -0.920. The van der Waals surface area contributed by atoms with Crippen molar-refractivity contribution in [1.82, 2.24) is 0 Å². The second kappa shape index (κ2) is 4.99. The van der Waals surface area contributed by atoms with Crippen molar-refractivity contribution in [3.63, 3.8) is 0 Å². The van der Waals surface area contributed by atoms with E-state index in [9.17, 15) is 9.90 Å². The van der Waals surface area contributed by atoms with E-state index in [0.717, 1.165) is 22.3 Å². The molecule has 2 aliphatic rings. The first-order chi connectivity index (χ1) is 9.66. The Morgan fingerprint density at radius 2 is 1.55 bits per heavy atom. The molecule has 0 saturated heterocycles. The zero-order valence-electron chi connectivity index (χ0n) is 10.5. The summed E-state index contributed by atoms with van der Waals surface area (Å²) < 4.78 is 0. The summed E-state index contributed by atoms with van der Waals surface area (Å²) in [7, 11) is 0. The first-order valence-electron chi connectivity index (χ1n) is 6.18. The van der Waals surface area contributed by atoms with Crippen molar-refractivity contribution in [3.05, 3.63) is 71.2 Å². The van der Waals surface area contributed by atoms with Crippen LogP contribution < -0.4 is 0 Å². The van der Waals surface area contributed by atoms with Gasteiger partial charge in [-0.1, -0.05) is 54.1 Å². The third-order valence-electron chi connectivity index (χ3n) is 3.28. The molecule has 1 aromatic rings. The van der Waals surface area contributed by atoms with Gasteiger partial charge < -0.3 is 5.11 Å². The van der Waals surface area contributed by atoms with Crippen molar-refractivity contribution >= 4 is 17.6 Å². The summed E-state index contributed by atoms with van der Waals surface area (Å²) in [6, 6.07) is 18.5. The molecule has 0 saturated carbocycles. The minimum atomic E-state index is -0.920. The van der Waals surface area contributed by atoms with Gasteiger partial charge in [-0.3, -0.25) is 0 Å². The van der Waals surface area contributed by atoms with Crippen LogP contribution >= 0.6 is 11.6 Å². The second-order valence-electron chi connectivity index (χ2n) is 4.52. The Labute approximate surface area is 121 Å². The topological polar surface area (TPSA) is 37.3 Å². The number of carboxylic acid groups (broad SMARTS) is 1. The lowest BCUT2D eigenvalue weighted by molar-refractivity contribution is 0.0699. The molecule has 2 nitrogen and oxygen atoms in total. The molecule has 3 heteroatoms. The number of rotatable bonds is 2. The standard InChI is InChI=1S/C17H11ClO2/c18-13-8-6-11(7-9-13)15-10-12-4-2-1-3-5-14(12)16(15)17(19)20/h1-10H,(H,19,20). The number of fused-ring (bicyclic) bond motifs is 1. The Morgan fingerprint density at radius 1 is 0.850 bits per heavy atom. The summed E-state index contributed by atoms with van der Waals surface area (Å²) in [6.45, 7) is 0. The smallest absolute Gasteiger partial charge is 0.336 e. The largest absolute Gasteiger partial charge is 0.478 e. The van der Waals surface area contributed by atoms with Gasteiger partial charge in [-0.15, -0.1) is 0 Å². The molecular formula is C17H11ClO2. The molecule has 98 valence electrons. The maximum atomic E-state index is 11.6. The predicted octanol–water partition coefficient (Wildman–Crippen LogP) is 4.81. The highest BCUT2D eigenvalue weighted by atomic mass is 35.5. The maximum absolute atomic E-state index is 11.6. The van der Waals surface area contributed by atoms with Gasteiger partial charge in [-0.25, -0.2) is 4.79 Å². The van der Waals surface area contributed by atoms with Gasteiger partial charge in [0.15, 0.2) is 0 Å². The van der Waals surface area contributed by atoms with Crippen molar-refractivity contribution in [2.45, 2.75) is 0 Å². The van der Waals surface area contributed by atoms with Gasteiger partial charge in [-0.2, -0.15) is 0 Å². The Kier molecular flexibility index (Phi) is 3.17. The van der Waals surface area contributed by atoms with Crippen molar-refractivity contribution in [2.24, 2.45) is 0 Å². The third kappa shape index (κ3) is 2.15. The van der Waals surface area contributed by atoms with Gasteiger partial charge in [0.2, 0.25) is 0 Å². The van der Waals surface area contributed by atoms with Crippen LogP contribution in [0.5, 0.6) is 0 Å². The molecule has 1 aromatic carbocycles. The van der Waals surface area contributed by atoms with Gasteiger partial charge in [0.05, 0.1) is 5.56 Å². The summed E-state index contributed by atoms with van der Waals surface area (Å²) >= 11 is 5.88. The van der Waals surface area contributed by atoms with Gasteiger partial charge in [0, 0.05) is 5.02 Å². The van der Waals surface area contributed by atoms with Crippen LogP contribution in [-0.4, -0.2) is 11.1 Å². The molecule has 0 radical (unpaired) electrons. The van der Waals surface area contributed by atoms with Crippen molar-refractivity contribution in [2.75, 3.05) is 0 Å². The Morgan fingerprint density at radius 3 is 2.25 bits per heavy atom. The van der Waals surface area contributed by atoms with E-state index in [2.05, 4.69) is 0 Å². The molecule has 2 aliphatic carbocycles. The number of halogens is 1. The Bertz CT molecular complexity index is 747. The number of carbonyl (C=O) groups is 1. The molecule has 0 bridgehead atoms. The summed E-state index contributed by atoms with van der Waals surface area (Å²) in [6.07, 6.45) is 0. The van der Waals surface area contributed by atoms with Crippen molar-refractivity contribution in [3.8, 4) is 22.3 Å². The van der Waals surface area contributed by atoms with Gasteiger partial charge >= 0.3 is 5.97 Å². The minimum Gasteiger partial charge on any atom is -0.478 e. The second-order valence-corrected chi connectivity index (χ2v) is 4.96. The zero-order valence-corrected chi connectivity index (χ0v) is 11.3. The van der Waals surface area contributed by atoms with E-state index in [1.807, 2.05) is 48.5 Å². The van der Waals surface area contributed by atoms with Crippen LogP contribution in [0.15, 0.2) is 60.7 Å². The van der Waals surface area contributed by atoms with Crippen LogP contribution in [-0.2, 0) is 0 Å². The monoisotopic (exact) mass is 282 g/mol. The predicted molar refractivity (Wildman–Crippen MR) is 80.5 cm³/mol. The molecular weight excluding hydrogens is 272 g/mol. The van der Waals surface area contributed by atoms with Crippen LogP contribution in [0.25, 0.3) is 22.3 Å². The lowest BCUT2D eigenvalue weighted by atomic mass is 10.0. The molecule has 1 N–H and O–H groups in total. The maximum Gasteiger partial charge on any atom is 0.336 e. The van der Waals surface area contributed by atoms with E-state index < -0.39 is 5.97 Å². The molecule has 0 fully saturated rings. The molecule has 20 heavy (non-hydrogen) atoms. The molecule has 0 unspecified atom stereocenters. The van der Waals surface area contributed by atoms with E-state index >= 15 is 0 Å². The van der Waals surface area contributed by atoms with Gasteiger partial charge in [-0.05, 0) is 40.5 Å². The molecule has 0 spiro atoms. The number of hydrogen-bond donors (Lipinski definition) is 1. The van der Waals surface area contributed by atoms with E-state index in [0.29, 0.717) is 10.6 Å². The SMILES string of the molecule is O=C(O)c1c2cccccc-2cc1-c1ccc(Cl)cc1. The van der Waals surface area contributed by atoms with Crippen molar-refractivity contribution < 1.29 is 9.90 Å². The molecule has 3 rings (SSSR count). The van der Waals surface area contributed by atoms with Crippen LogP contribution in [0.4, 0.5) is 0 Å². The fourth-order valence-corrected chi connectivity index (χ4v) is 2.50. The Hall–Kier alpha value is -2.32. The minimum absolute atomic E-state index is 0.332. The van der Waals surface area contributed by atoms with Crippen LogP contribution in [0, 0.1) is 0 Å². The Balaban J connectivity index is 2.30. The van der Waals surface area contributed by atoms with E-state index in [1.54, 1.807) is 12.1 Å². The van der Waals surface area contributed by atoms with Crippen LogP contribution in [0.1, 0.15) is 10.4 Å². The number of aromatic carboxylic acids is 1. The summed E-state index contributed by atoms with van der Waals surface area (Å²) in [5, 5.41) is 10.2. The number of carboxylic acids is 1. The molecule has 0 amide bonds. The highest BCUT2D eigenvalue weighted by Gasteiger charge is 2.21. The van der Waals surface area contributed by atoms with E-state index in [4.69, 9.17) is 11.6 Å².